The van der Waals surface area contributed by atoms with E-state index in [0.717, 1.165) is 16.9 Å². The van der Waals surface area contributed by atoms with Gasteiger partial charge in [-0.2, -0.15) is 0 Å². The van der Waals surface area contributed by atoms with Gasteiger partial charge in [0.25, 0.3) is 0 Å². The zero-order chi connectivity index (χ0) is 14.5. The van der Waals surface area contributed by atoms with E-state index in [1.54, 1.807) is 0 Å². The number of hydrogen-bond donors (Lipinski definition) is 2. The molecular formula is C17H20N2O. The van der Waals surface area contributed by atoms with Crippen LogP contribution in [0.4, 0.5) is 0 Å². The first kappa shape index (κ1) is 14.1. The van der Waals surface area contributed by atoms with Gasteiger partial charge < -0.3 is 10.5 Å². The number of ether oxygens (including phenoxy) is 1. The van der Waals surface area contributed by atoms with Crippen LogP contribution in [0.1, 0.15) is 36.5 Å². The Morgan fingerprint density at radius 2 is 1.90 bits per heavy atom. The van der Waals surface area contributed by atoms with Crippen LogP contribution in [0.3, 0.4) is 0 Å². The second-order valence-corrected chi connectivity index (χ2v) is 5.09. The number of nitrogens with two attached hydrogens (primary N) is 1. The maximum Gasteiger partial charge on any atom is 0.123 e. The standard InChI is InChI=1S/C17H20N2O/c1-12(2)13-7-5-8-15(10-13)20-11-14-6-3-4-9-16(14)17(18)19/h3-10,12H,11H2,1-2H3,(H3,18,19). The van der Waals surface area contributed by atoms with Gasteiger partial charge in [-0.3, -0.25) is 5.41 Å². The lowest BCUT2D eigenvalue weighted by Gasteiger charge is -2.12. The highest BCUT2D eigenvalue weighted by molar-refractivity contribution is 5.96. The van der Waals surface area contributed by atoms with Crippen molar-refractivity contribution in [2.24, 2.45) is 5.73 Å². The van der Waals surface area contributed by atoms with Crippen LogP contribution in [-0.4, -0.2) is 5.84 Å². The van der Waals surface area contributed by atoms with Gasteiger partial charge in [0.1, 0.15) is 18.2 Å². The fraction of sp³-hybridized carbons (Fsp3) is 0.235. The third-order valence-corrected chi connectivity index (χ3v) is 3.23. The van der Waals surface area contributed by atoms with Crippen LogP contribution in [0.5, 0.6) is 5.75 Å². The molecule has 2 aromatic rings. The largest absolute Gasteiger partial charge is 0.489 e. The molecule has 3 nitrogen and oxygen atoms in total. The number of amidine groups is 1. The Hall–Kier alpha value is -2.29. The lowest BCUT2D eigenvalue weighted by Crippen LogP contribution is -2.14. The molecule has 0 bridgehead atoms. The normalized spacial score (nSPS) is 10.6. The molecule has 2 aromatic carbocycles. The van der Waals surface area contributed by atoms with Gasteiger partial charge in [0.2, 0.25) is 0 Å². The van der Waals surface area contributed by atoms with E-state index in [2.05, 4.69) is 26.0 Å². The van der Waals surface area contributed by atoms with E-state index in [9.17, 15) is 0 Å². The van der Waals surface area contributed by atoms with Crippen LogP contribution in [0, 0.1) is 5.41 Å². The average molecular weight is 268 g/mol. The molecule has 0 saturated heterocycles. The van der Waals surface area contributed by atoms with Crippen molar-refractivity contribution in [1.29, 1.82) is 5.41 Å². The highest BCUT2D eigenvalue weighted by atomic mass is 16.5. The molecule has 0 saturated carbocycles. The van der Waals surface area contributed by atoms with Crippen LogP contribution in [-0.2, 0) is 6.61 Å². The molecule has 0 atom stereocenters. The van der Waals surface area contributed by atoms with E-state index >= 15 is 0 Å². The monoisotopic (exact) mass is 268 g/mol. The SMILES string of the molecule is CC(C)c1cccc(OCc2ccccc2C(=N)N)c1. The first-order chi connectivity index (χ1) is 9.58. The molecule has 3 N–H and O–H groups in total. The molecular weight excluding hydrogens is 248 g/mol. The molecule has 0 fully saturated rings. The van der Waals surface area contributed by atoms with Gasteiger partial charge in [0.05, 0.1) is 0 Å². The van der Waals surface area contributed by atoms with Crippen LogP contribution < -0.4 is 10.5 Å². The number of nitrogens with one attached hydrogen (secondary N) is 1. The van der Waals surface area contributed by atoms with E-state index in [-0.39, 0.29) is 5.84 Å². The number of hydrogen-bond acceptors (Lipinski definition) is 2. The summed E-state index contributed by atoms with van der Waals surface area (Å²) in [6.45, 7) is 4.73. The van der Waals surface area contributed by atoms with Gasteiger partial charge in [-0.15, -0.1) is 0 Å². The van der Waals surface area contributed by atoms with Crippen molar-refractivity contribution >= 4 is 5.84 Å². The van der Waals surface area contributed by atoms with E-state index in [4.69, 9.17) is 15.9 Å². The van der Waals surface area contributed by atoms with Gasteiger partial charge in [0, 0.05) is 11.1 Å². The second-order valence-electron chi connectivity index (χ2n) is 5.09. The summed E-state index contributed by atoms with van der Waals surface area (Å²) in [5, 5.41) is 7.57. The molecule has 0 radical (unpaired) electrons. The molecule has 0 unspecified atom stereocenters. The zero-order valence-electron chi connectivity index (χ0n) is 11.9. The van der Waals surface area contributed by atoms with Gasteiger partial charge in [-0.25, -0.2) is 0 Å². The van der Waals surface area contributed by atoms with Crippen molar-refractivity contribution < 1.29 is 4.74 Å². The van der Waals surface area contributed by atoms with Crippen molar-refractivity contribution in [3.05, 3.63) is 65.2 Å². The summed E-state index contributed by atoms with van der Waals surface area (Å²) < 4.78 is 5.82. The van der Waals surface area contributed by atoms with E-state index in [1.807, 2.05) is 36.4 Å². The van der Waals surface area contributed by atoms with E-state index in [0.29, 0.717) is 12.5 Å². The molecule has 2 rings (SSSR count). The highest BCUT2D eigenvalue weighted by Crippen LogP contribution is 2.21. The Bertz CT molecular complexity index is 605. The average Bonchev–Trinajstić information content (AvgIpc) is 2.45. The first-order valence-corrected chi connectivity index (χ1v) is 6.73. The lowest BCUT2D eigenvalue weighted by molar-refractivity contribution is 0.305. The number of nitrogen functional groups attached to an aromatic ring is 1. The lowest BCUT2D eigenvalue weighted by atomic mass is 10.0. The minimum atomic E-state index is 0.0696. The van der Waals surface area contributed by atoms with Crippen LogP contribution in [0.25, 0.3) is 0 Å². The molecule has 0 heterocycles. The van der Waals surface area contributed by atoms with Crippen molar-refractivity contribution in [3.63, 3.8) is 0 Å². The Kier molecular flexibility index (Phi) is 4.41. The second kappa shape index (κ2) is 6.24. The Morgan fingerprint density at radius 1 is 1.15 bits per heavy atom. The van der Waals surface area contributed by atoms with Crippen molar-refractivity contribution in [1.82, 2.24) is 0 Å². The van der Waals surface area contributed by atoms with Gasteiger partial charge >= 0.3 is 0 Å². The molecule has 3 heteroatoms. The summed E-state index contributed by atoms with van der Waals surface area (Å²) >= 11 is 0. The zero-order valence-corrected chi connectivity index (χ0v) is 11.9. The topological polar surface area (TPSA) is 59.1 Å². The maximum atomic E-state index is 7.57. The van der Waals surface area contributed by atoms with Gasteiger partial charge in [-0.1, -0.05) is 50.2 Å². The fourth-order valence-corrected chi connectivity index (χ4v) is 2.03. The maximum absolute atomic E-state index is 7.57. The number of benzene rings is 2. The molecule has 0 aromatic heterocycles. The fourth-order valence-electron chi connectivity index (χ4n) is 2.03. The number of rotatable bonds is 5. The highest BCUT2D eigenvalue weighted by Gasteiger charge is 2.06. The summed E-state index contributed by atoms with van der Waals surface area (Å²) in [7, 11) is 0. The summed E-state index contributed by atoms with van der Waals surface area (Å²) in [5.41, 5.74) is 8.48. The molecule has 0 aliphatic heterocycles. The molecule has 0 spiro atoms. The van der Waals surface area contributed by atoms with Crippen LogP contribution in [0.15, 0.2) is 48.5 Å². The quantitative estimate of drug-likeness (QED) is 0.642. The first-order valence-electron chi connectivity index (χ1n) is 6.73. The van der Waals surface area contributed by atoms with E-state index < -0.39 is 0 Å². The summed E-state index contributed by atoms with van der Waals surface area (Å²) in [6, 6.07) is 15.7. The van der Waals surface area contributed by atoms with Crippen molar-refractivity contribution in [2.45, 2.75) is 26.4 Å². The summed E-state index contributed by atoms with van der Waals surface area (Å²) in [6.07, 6.45) is 0. The van der Waals surface area contributed by atoms with Gasteiger partial charge in [0.15, 0.2) is 0 Å². The predicted molar refractivity (Wildman–Crippen MR) is 82.3 cm³/mol. The van der Waals surface area contributed by atoms with Crippen LogP contribution in [0.2, 0.25) is 0 Å². The minimum Gasteiger partial charge on any atom is -0.489 e. The van der Waals surface area contributed by atoms with Crippen molar-refractivity contribution in [3.8, 4) is 5.75 Å². The smallest absolute Gasteiger partial charge is 0.123 e. The molecule has 104 valence electrons. The Labute approximate surface area is 119 Å². The molecule has 0 aliphatic carbocycles. The summed E-state index contributed by atoms with van der Waals surface area (Å²) in [5.74, 6) is 1.39. The molecule has 0 amide bonds. The summed E-state index contributed by atoms with van der Waals surface area (Å²) in [4.78, 5) is 0. The third-order valence-electron chi connectivity index (χ3n) is 3.23. The molecule has 0 aliphatic rings. The third kappa shape index (κ3) is 3.38. The Balaban J connectivity index is 2.13. The Morgan fingerprint density at radius 3 is 2.60 bits per heavy atom. The van der Waals surface area contributed by atoms with Crippen molar-refractivity contribution in [2.75, 3.05) is 0 Å². The van der Waals surface area contributed by atoms with Crippen LogP contribution >= 0.6 is 0 Å². The predicted octanol–water partition coefficient (Wildman–Crippen LogP) is 3.67. The van der Waals surface area contributed by atoms with E-state index in [1.165, 1.54) is 5.56 Å². The molecule has 20 heavy (non-hydrogen) atoms. The van der Waals surface area contributed by atoms with Gasteiger partial charge in [-0.05, 0) is 23.6 Å². The minimum absolute atomic E-state index is 0.0696.